The number of hydrogen-bond donors (Lipinski definition) is 2. The van der Waals surface area contributed by atoms with Crippen molar-refractivity contribution in [2.24, 2.45) is 5.92 Å². The van der Waals surface area contributed by atoms with Crippen molar-refractivity contribution in [1.29, 1.82) is 0 Å². The van der Waals surface area contributed by atoms with E-state index >= 15 is 0 Å². The van der Waals surface area contributed by atoms with E-state index in [1.54, 1.807) is 24.3 Å². The largest absolute Gasteiger partial charge is 0.391 e. The molecule has 0 aliphatic carbocycles. The number of aliphatic hydroxyl groups excluding tert-OH is 1. The molecule has 0 aliphatic rings. The molecular weight excluding hydrogens is 378 g/mol. The van der Waals surface area contributed by atoms with E-state index in [0.29, 0.717) is 6.42 Å². The summed E-state index contributed by atoms with van der Waals surface area (Å²) in [5.41, 5.74) is 0. The second kappa shape index (κ2) is 9.77. The molecule has 0 aliphatic heterocycles. The smallest absolute Gasteiger partial charge is 0.240 e. The summed E-state index contributed by atoms with van der Waals surface area (Å²) >= 11 is 3.30. The monoisotopic (exact) mass is 405 g/mol. The van der Waals surface area contributed by atoms with Gasteiger partial charge in [0.25, 0.3) is 0 Å². The van der Waals surface area contributed by atoms with Gasteiger partial charge in [0.1, 0.15) is 0 Å². The molecule has 0 fully saturated rings. The molecule has 0 bridgehead atoms. The second-order valence-corrected chi connectivity index (χ2v) is 8.68. The van der Waals surface area contributed by atoms with E-state index in [-0.39, 0.29) is 10.8 Å². The Morgan fingerprint density at radius 2 is 1.78 bits per heavy atom. The van der Waals surface area contributed by atoms with Gasteiger partial charge in [-0.2, -0.15) is 0 Å². The fourth-order valence-corrected chi connectivity index (χ4v) is 4.11. The minimum Gasteiger partial charge on any atom is -0.391 e. The van der Waals surface area contributed by atoms with Crippen LogP contribution in [-0.4, -0.2) is 25.7 Å². The van der Waals surface area contributed by atoms with Crippen LogP contribution in [0.4, 0.5) is 0 Å². The molecule has 2 N–H and O–H groups in total. The summed E-state index contributed by atoms with van der Waals surface area (Å²) in [5.74, 6) is 0.0665. The molecule has 1 aromatic rings. The zero-order valence-electron chi connectivity index (χ0n) is 14.1. The molecule has 1 unspecified atom stereocenters. The summed E-state index contributed by atoms with van der Waals surface area (Å²) < 4.78 is 28.7. The zero-order chi connectivity index (χ0) is 17.5. The third-order valence-corrected chi connectivity index (χ3v) is 6.19. The van der Waals surface area contributed by atoms with Crippen LogP contribution in [0.1, 0.15) is 52.9 Å². The number of nitrogens with one attached hydrogen (secondary N) is 1. The maximum atomic E-state index is 12.6. The summed E-state index contributed by atoms with van der Waals surface area (Å²) in [6.07, 6.45) is 3.78. The third-order valence-electron chi connectivity index (χ3n) is 4.19. The lowest BCUT2D eigenvalue weighted by Crippen LogP contribution is -2.47. The van der Waals surface area contributed by atoms with Gasteiger partial charge in [-0.15, -0.1) is 0 Å². The highest BCUT2D eigenvalue weighted by Crippen LogP contribution is 2.20. The molecule has 23 heavy (non-hydrogen) atoms. The van der Waals surface area contributed by atoms with Gasteiger partial charge in [-0.25, -0.2) is 13.1 Å². The molecule has 0 saturated carbocycles. The predicted octanol–water partition coefficient (Wildman–Crippen LogP) is 4.08. The SMILES string of the molecule is CCCCCC(O)[C@@H](NS(=O)(=O)c1ccc(Br)cc1)[C@@H](C)CC. The molecule has 0 radical (unpaired) electrons. The first-order valence-corrected chi connectivity index (χ1v) is 10.5. The highest BCUT2D eigenvalue weighted by Gasteiger charge is 2.29. The van der Waals surface area contributed by atoms with Gasteiger partial charge in [0.15, 0.2) is 0 Å². The number of sulfonamides is 1. The maximum absolute atomic E-state index is 12.6. The lowest BCUT2D eigenvalue weighted by molar-refractivity contribution is 0.100. The Hall–Kier alpha value is -0.430. The minimum atomic E-state index is -3.64. The standard InChI is InChI=1S/C17H28BrNO3S/c1-4-6-7-8-16(20)17(13(3)5-2)19-23(21,22)15-11-9-14(18)10-12-15/h9-13,16-17,19-20H,4-8H2,1-3H3/t13-,16?,17-/m0/s1. The van der Waals surface area contributed by atoms with E-state index in [0.717, 1.165) is 30.2 Å². The number of benzene rings is 1. The van der Waals surface area contributed by atoms with Crippen LogP contribution in [0.15, 0.2) is 33.6 Å². The molecule has 4 nitrogen and oxygen atoms in total. The van der Waals surface area contributed by atoms with Crippen molar-refractivity contribution in [2.75, 3.05) is 0 Å². The molecule has 0 heterocycles. The number of rotatable bonds is 10. The van der Waals surface area contributed by atoms with E-state index in [2.05, 4.69) is 27.6 Å². The van der Waals surface area contributed by atoms with Crippen molar-refractivity contribution in [3.8, 4) is 0 Å². The van der Waals surface area contributed by atoms with Crippen molar-refractivity contribution in [3.63, 3.8) is 0 Å². The van der Waals surface area contributed by atoms with Crippen LogP contribution < -0.4 is 4.72 Å². The average Bonchev–Trinajstić information content (AvgIpc) is 2.52. The Bertz CT molecular complexity index is 560. The van der Waals surface area contributed by atoms with Gasteiger partial charge < -0.3 is 5.11 Å². The summed E-state index contributed by atoms with van der Waals surface area (Å²) in [5, 5.41) is 10.5. The Labute approximate surface area is 148 Å². The van der Waals surface area contributed by atoms with Crippen LogP contribution in [0, 0.1) is 5.92 Å². The van der Waals surface area contributed by atoms with Crippen LogP contribution in [0.25, 0.3) is 0 Å². The average molecular weight is 406 g/mol. The third kappa shape index (κ3) is 6.53. The Morgan fingerprint density at radius 1 is 1.17 bits per heavy atom. The minimum absolute atomic E-state index is 0.0665. The first kappa shape index (κ1) is 20.6. The molecule has 3 atom stereocenters. The highest BCUT2D eigenvalue weighted by molar-refractivity contribution is 9.10. The Morgan fingerprint density at radius 3 is 2.30 bits per heavy atom. The Kier molecular flexibility index (Phi) is 8.75. The van der Waals surface area contributed by atoms with Gasteiger partial charge in [-0.3, -0.25) is 0 Å². The molecule has 0 amide bonds. The van der Waals surface area contributed by atoms with E-state index in [9.17, 15) is 13.5 Å². The number of unbranched alkanes of at least 4 members (excludes halogenated alkanes) is 2. The van der Waals surface area contributed by atoms with Crippen molar-refractivity contribution >= 4 is 26.0 Å². The molecule has 0 spiro atoms. The predicted molar refractivity (Wildman–Crippen MR) is 97.9 cm³/mol. The highest BCUT2D eigenvalue weighted by atomic mass is 79.9. The molecular formula is C17H28BrNO3S. The van der Waals surface area contributed by atoms with Crippen molar-refractivity contribution in [2.45, 2.75) is 69.9 Å². The van der Waals surface area contributed by atoms with E-state index < -0.39 is 22.2 Å². The van der Waals surface area contributed by atoms with Crippen molar-refractivity contribution in [3.05, 3.63) is 28.7 Å². The lowest BCUT2D eigenvalue weighted by Gasteiger charge is -2.29. The Balaban J connectivity index is 2.88. The van der Waals surface area contributed by atoms with Gasteiger partial charge >= 0.3 is 0 Å². The van der Waals surface area contributed by atoms with Crippen LogP contribution in [0.2, 0.25) is 0 Å². The molecule has 1 aromatic carbocycles. The van der Waals surface area contributed by atoms with Gasteiger partial charge in [0.05, 0.1) is 17.0 Å². The van der Waals surface area contributed by atoms with E-state index in [1.165, 1.54) is 0 Å². The van der Waals surface area contributed by atoms with Crippen LogP contribution in [-0.2, 0) is 10.0 Å². The molecule has 0 aromatic heterocycles. The topological polar surface area (TPSA) is 66.4 Å². The first-order valence-electron chi connectivity index (χ1n) is 8.27. The van der Waals surface area contributed by atoms with Crippen LogP contribution >= 0.6 is 15.9 Å². The van der Waals surface area contributed by atoms with Gasteiger partial charge in [-0.05, 0) is 36.6 Å². The summed E-state index contributed by atoms with van der Waals surface area (Å²) in [4.78, 5) is 0.217. The van der Waals surface area contributed by atoms with Crippen molar-refractivity contribution in [1.82, 2.24) is 4.72 Å². The summed E-state index contributed by atoms with van der Waals surface area (Å²) in [6.45, 7) is 6.08. The molecule has 1 rings (SSSR count). The fourth-order valence-electron chi connectivity index (χ4n) is 2.47. The van der Waals surface area contributed by atoms with Crippen LogP contribution in [0.5, 0.6) is 0 Å². The van der Waals surface area contributed by atoms with E-state index in [4.69, 9.17) is 0 Å². The van der Waals surface area contributed by atoms with Gasteiger partial charge in [0, 0.05) is 4.47 Å². The van der Waals surface area contributed by atoms with Crippen molar-refractivity contribution < 1.29 is 13.5 Å². The normalized spacial score (nSPS) is 16.0. The number of halogens is 1. The van der Waals surface area contributed by atoms with Gasteiger partial charge in [-0.1, -0.05) is 62.4 Å². The summed E-state index contributed by atoms with van der Waals surface area (Å²) in [7, 11) is -3.64. The van der Waals surface area contributed by atoms with Gasteiger partial charge in [0.2, 0.25) is 10.0 Å². The fraction of sp³-hybridized carbons (Fsp3) is 0.647. The molecule has 6 heteroatoms. The molecule has 132 valence electrons. The summed E-state index contributed by atoms with van der Waals surface area (Å²) in [6, 6.07) is 6.05. The number of aliphatic hydroxyl groups is 1. The second-order valence-electron chi connectivity index (χ2n) is 6.05. The lowest BCUT2D eigenvalue weighted by atomic mass is 9.92. The molecule has 0 saturated heterocycles. The number of hydrogen-bond acceptors (Lipinski definition) is 3. The quantitative estimate of drug-likeness (QED) is 0.576. The maximum Gasteiger partial charge on any atom is 0.240 e. The van der Waals surface area contributed by atoms with Crippen LogP contribution in [0.3, 0.4) is 0 Å². The first-order chi connectivity index (χ1) is 10.8. The zero-order valence-corrected chi connectivity index (χ0v) is 16.5. The van der Waals surface area contributed by atoms with E-state index in [1.807, 2.05) is 13.8 Å².